The van der Waals surface area contributed by atoms with Crippen molar-refractivity contribution in [3.05, 3.63) is 94.8 Å². The highest BCUT2D eigenvalue weighted by atomic mass is 19.1. The molecule has 1 aliphatic rings. The number of ketones is 2. The largest absolute Gasteiger partial charge is 0.508 e. The quantitative estimate of drug-likeness (QED) is 0.335. The van der Waals surface area contributed by atoms with Crippen molar-refractivity contribution in [1.82, 2.24) is 4.90 Å². The summed E-state index contributed by atoms with van der Waals surface area (Å²) < 4.78 is 14.8. The summed E-state index contributed by atoms with van der Waals surface area (Å²) >= 11 is 0. The molecule has 1 fully saturated rings. The number of rotatable bonds is 8. The van der Waals surface area contributed by atoms with Gasteiger partial charge in [0.1, 0.15) is 23.4 Å². The number of carbonyl (C=O) groups is 3. The van der Waals surface area contributed by atoms with Gasteiger partial charge in [0, 0.05) is 48.5 Å². The number of nitrogens with zero attached hydrogens (tertiary/aromatic N) is 1. The monoisotopic (exact) mass is 519 g/mol. The Kier molecular flexibility index (Phi) is 7.89. The Labute approximate surface area is 219 Å². The van der Waals surface area contributed by atoms with E-state index in [4.69, 9.17) is 11.5 Å². The maximum Gasteiger partial charge on any atom is 0.236 e. The van der Waals surface area contributed by atoms with Gasteiger partial charge < -0.3 is 21.7 Å². The van der Waals surface area contributed by atoms with Crippen LogP contribution in [0, 0.1) is 24.6 Å². The Hall–Kier alpha value is -4.08. The maximum atomic E-state index is 14.8. The van der Waals surface area contributed by atoms with Gasteiger partial charge in [0.05, 0.1) is 0 Å². The number of primary amides is 1. The minimum atomic E-state index is -0.941. The summed E-state index contributed by atoms with van der Waals surface area (Å²) in [5, 5.41) is 20.0. The number of benzene rings is 3. The molecule has 1 saturated heterocycles. The molecule has 3 aromatic rings. The molecular formula is C29H30FN3O5. The predicted octanol–water partition coefficient (Wildman–Crippen LogP) is 2.76. The van der Waals surface area contributed by atoms with Gasteiger partial charge in [-0.1, -0.05) is 36.4 Å². The lowest BCUT2D eigenvalue weighted by Gasteiger charge is -2.45. The molecule has 0 aliphatic carbocycles. The molecule has 198 valence electrons. The standard InChI is InChI=1S/C29H30FN3O5/c1-16-21(9-4-10-24(16)30)26-22(27(36)17-5-2-7-19(34)11-17)14-33(25(13-31)29(32)38)15-23(26)28(37)18-6-3-8-20(35)12-18/h2-12,22-23,25-26,34-35H,13-15,31H2,1H3,(H2,32,38)/t22?,23?,25-,26?/m1/s1. The normalized spacial score (nSPS) is 20.6. The van der Waals surface area contributed by atoms with Gasteiger partial charge in [-0.3, -0.25) is 19.3 Å². The molecule has 1 heterocycles. The van der Waals surface area contributed by atoms with Crippen LogP contribution in [0.3, 0.4) is 0 Å². The number of carbonyl (C=O) groups excluding carboxylic acids is 3. The van der Waals surface area contributed by atoms with Crippen molar-refractivity contribution in [2.24, 2.45) is 23.3 Å². The van der Waals surface area contributed by atoms with Gasteiger partial charge in [0.25, 0.3) is 0 Å². The van der Waals surface area contributed by atoms with E-state index in [0.717, 1.165) is 0 Å². The molecule has 4 rings (SSSR count). The predicted molar refractivity (Wildman–Crippen MR) is 139 cm³/mol. The van der Waals surface area contributed by atoms with Crippen LogP contribution < -0.4 is 11.5 Å². The number of piperidine rings is 1. The molecule has 8 nitrogen and oxygen atoms in total. The molecule has 1 aliphatic heterocycles. The molecule has 9 heteroatoms. The number of hydrogen-bond donors (Lipinski definition) is 4. The second kappa shape index (κ2) is 11.1. The first-order valence-electron chi connectivity index (χ1n) is 12.3. The average Bonchev–Trinajstić information content (AvgIpc) is 2.89. The van der Waals surface area contributed by atoms with E-state index in [1.807, 2.05) is 0 Å². The van der Waals surface area contributed by atoms with Crippen LogP contribution in [0.5, 0.6) is 11.5 Å². The Morgan fingerprint density at radius 3 is 1.87 bits per heavy atom. The zero-order chi connectivity index (χ0) is 27.6. The second-order valence-corrected chi connectivity index (χ2v) is 9.63. The highest BCUT2D eigenvalue weighted by Crippen LogP contribution is 2.43. The lowest BCUT2D eigenvalue weighted by atomic mass is 9.67. The van der Waals surface area contributed by atoms with E-state index >= 15 is 0 Å². The molecule has 0 saturated carbocycles. The number of halogens is 1. The second-order valence-electron chi connectivity index (χ2n) is 9.63. The van der Waals surface area contributed by atoms with E-state index in [9.17, 15) is 29.0 Å². The van der Waals surface area contributed by atoms with Crippen LogP contribution in [-0.4, -0.2) is 58.3 Å². The molecule has 0 aromatic heterocycles. The molecule has 0 spiro atoms. The number of amides is 1. The topological polar surface area (TPSA) is 147 Å². The number of phenols is 2. The fraction of sp³-hybridized carbons (Fsp3) is 0.276. The number of phenolic OH excluding ortho intramolecular Hbond substituents is 2. The van der Waals surface area contributed by atoms with E-state index in [1.54, 1.807) is 30.0 Å². The minimum absolute atomic E-state index is 0.0315. The van der Waals surface area contributed by atoms with E-state index in [1.165, 1.54) is 48.5 Å². The first-order valence-corrected chi connectivity index (χ1v) is 12.3. The molecule has 1 amide bonds. The Morgan fingerprint density at radius 2 is 1.42 bits per heavy atom. The Morgan fingerprint density at radius 1 is 0.921 bits per heavy atom. The van der Waals surface area contributed by atoms with Crippen molar-refractivity contribution in [3.63, 3.8) is 0 Å². The first kappa shape index (κ1) is 27.0. The summed E-state index contributed by atoms with van der Waals surface area (Å²) in [5.74, 6) is -4.75. The third-order valence-electron chi connectivity index (χ3n) is 7.33. The van der Waals surface area contributed by atoms with Gasteiger partial charge in [0.2, 0.25) is 5.91 Å². The molecule has 0 radical (unpaired) electrons. The molecule has 6 N–H and O–H groups in total. The summed E-state index contributed by atoms with van der Waals surface area (Å²) in [4.78, 5) is 41.9. The minimum Gasteiger partial charge on any atom is -0.508 e. The van der Waals surface area contributed by atoms with E-state index in [2.05, 4.69) is 0 Å². The summed E-state index contributed by atoms with van der Waals surface area (Å²) in [6.45, 7) is 1.53. The van der Waals surface area contributed by atoms with Gasteiger partial charge in [-0.25, -0.2) is 4.39 Å². The lowest BCUT2D eigenvalue weighted by Crippen LogP contribution is -2.58. The van der Waals surface area contributed by atoms with Crippen molar-refractivity contribution in [3.8, 4) is 11.5 Å². The summed E-state index contributed by atoms with van der Waals surface area (Å²) in [5.41, 5.74) is 12.7. The summed E-state index contributed by atoms with van der Waals surface area (Å²) in [6, 6.07) is 15.3. The van der Waals surface area contributed by atoms with Crippen LogP contribution in [-0.2, 0) is 4.79 Å². The van der Waals surface area contributed by atoms with Crippen molar-refractivity contribution >= 4 is 17.5 Å². The van der Waals surface area contributed by atoms with Crippen molar-refractivity contribution in [1.29, 1.82) is 0 Å². The molecular weight excluding hydrogens is 489 g/mol. The van der Waals surface area contributed by atoms with Gasteiger partial charge >= 0.3 is 0 Å². The fourth-order valence-electron chi connectivity index (χ4n) is 5.44. The number of likely N-dealkylation sites (tertiary alicyclic amines) is 1. The smallest absolute Gasteiger partial charge is 0.236 e. The molecule has 0 bridgehead atoms. The molecule has 3 aromatic carbocycles. The third-order valence-corrected chi connectivity index (χ3v) is 7.33. The Bertz CT molecular complexity index is 1310. The number of aromatic hydroxyl groups is 2. The highest BCUT2D eigenvalue weighted by Gasteiger charge is 2.47. The van der Waals surface area contributed by atoms with Gasteiger partial charge in [0.15, 0.2) is 11.6 Å². The SMILES string of the molecule is Cc1c(F)cccc1C1C(C(=O)c2cccc(O)c2)CN([C@H](CN)C(N)=O)CC1C(=O)c1cccc(O)c1. The van der Waals surface area contributed by atoms with Crippen LogP contribution in [0.15, 0.2) is 66.7 Å². The van der Waals surface area contributed by atoms with Crippen LogP contribution in [0.4, 0.5) is 4.39 Å². The summed E-state index contributed by atoms with van der Waals surface area (Å²) in [6.07, 6.45) is 0. The third kappa shape index (κ3) is 5.29. The van der Waals surface area contributed by atoms with Gasteiger partial charge in [-0.15, -0.1) is 0 Å². The molecule has 2 unspecified atom stereocenters. The first-order chi connectivity index (χ1) is 18.1. The molecule has 3 atom stereocenters. The number of Topliss-reactive ketones (excluding diaryl/α,β-unsaturated/α-hetero) is 2. The fourth-order valence-corrected chi connectivity index (χ4v) is 5.44. The van der Waals surface area contributed by atoms with Gasteiger partial charge in [-0.2, -0.15) is 0 Å². The number of hydrogen-bond acceptors (Lipinski definition) is 7. The lowest BCUT2D eigenvalue weighted by molar-refractivity contribution is -0.124. The van der Waals surface area contributed by atoms with E-state index < -0.39 is 35.5 Å². The van der Waals surface area contributed by atoms with Crippen molar-refractivity contribution < 1.29 is 29.0 Å². The molecule has 38 heavy (non-hydrogen) atoms. The average molecular weight is 520 g/mol. The maximum absolute atomic E-state index is 14.8. The zero-order valence-electron chi connectivity index (χ0n) is 20.9. The van der Waals surface area contributed by atoms with E-state index in [0.29, 0.717) is 11.1 Å². The highest BCUT2D eigenvalue weighted by molar-refractivity contribution is 6.02. The van der Waals surface area contributed by atoms with Gasteiger partial charge in [-0.05, 0) is 48.4 Å². The Balaban J connectivity index is 1.91. The van der Waals surface area contributed by atoms with Crippen LogP contribution in [0.1, 0.15) is 37.8 Å². The summed E-state index contributed by atoms with van der Waals surface area (Å²) in [7, 11) is 0. The van der Waals surface area contributed by atoms with Crippen LogP contribution in [0.2, 0.25) is 0 Å². The number of nitrogens with two attached hydrogens (primary N) is 2. The van der Waals surface area contributed by atoms with Crippen molar-refractivity contribution in [2.45, 2.75) is 18.9 Å². The zero-order valence-corrected chi connectivity index (χ0v) is 20.9. The van der Waals surface area contributed by atoms with Crippen molar-refractivity contribution in [2.75, 3.05) is 19.6 Å². The van der Waals surface area contributed by atoms with Crippen LogP contribution in [0.25, 0.3) is 0 Å². The van der Waals surface area contributed by atoms with E-state index in [-0.39, 0.29) is 53.8 Å². The van der Waals surface area contributed by atoms with Crippen LogP contribution >= 0.6 is 0 Å².